The summed E-state index contributed by atoms with van der Waals surface area (Å²) in [6.07, 6.45) is 1.50. The third-order valence-corrected chi connectivity index (χ3v) is 3.57. The second-order valence-corrected chi connectivity index (χ2v) is 5.33. The number of hydrogen-bond donors (Lipinski definition) is 1. The van der Waals surface area contributed by atoms with E-state index in [-0.39, 0.29) is 5.91 Å². The fraction of sp³-hybridized carbons (Fsp3) is 0.267. The Hall–Kier alpha value is -1.10. The molecule has 0 spiro atoms. The van der Waals surface area contributed by atoms with Crippen LogP contribution in [0.15, 0.2) is 42.5 Å². The van der Waals surface area contributed by atoms with Crippen molar-refractivity contribution in [3.63, 3.8) is 0 Å². The van der Waals surface area contributed by atoms with Gasteiger partial charge in [-0.2, -0.15) is 0 Å². The molecular formula is C15H16INO. The van der Waals surface area contributed by atoms with Gasteiger partial charge < -0.3 is 5.32 Å². The van der Waals surface area contributed by atoms with Crippen LogP contribution in [0.4, 0.5) is 0 Å². The van der Waals surface area contributed by atoms with Crippen molar-refractivity contribution in [3.8, 4) is 0 Å². The minimum absolute atomic E-state index is 0.107. The van der Waals surface area contributed by atoms with Crippen LogP contribution in [0.25, 0.3) is 10.8 Å². The number of alkyl halides is 1. The van der Waals surface area contributed by atoms with Crippen LogP contribution in [-0.4, -0.2) is 16.9 Å². The standard InChI is InChI=1S/C15H16INO/c16-8-3-9-17-15(18)11-12-6-7-13-4-1-2-5-14(13)10-12/h1-2,4-7,10H,3,8-9,11H2,(H,17,18). The molecule has 2 aromatic rings. The summed E-state index contributed by atoms with van der Waals surface area (Å²) < 4.78 is 1.08. The van der Waals surface area contributed by atoms with Crippen molar-refractivity contribution in [2.75, 3.05) is 11.0 Å². The number of carbonyl (C=O) groups is 1. The summed E-state index contributed by atoms with van der Waals surface area (Å²) in [5.74, 6) is 0.107. The predicted molar refractivity (Wildman–Crippen MR) is 84.2 cm³/mol. The Kier molecular flexibility index (Phi) is 4.99. The molecular weight excluding hydrogens is 337 g/mol. The van der Waals surface area contributed by atoms with Crippen LogP contribution in [0, 0.1) is 0 Å². The molecule has 0 saturated heterocycles. The summed E-state index contributed by atoms with van der Waals surface area (Å²) in [6, 6.07) is 14.4. The van der Waals surface area contributed by atoms with E-state index in [1.54, 1.807) is 0 Å². The first-order valence-corrected chi connectivity index (χ1v) is 7.62. The van der Waals surface area contributed by atoms with Gasteiger partial charge in [0.25, 0.3) is 0 Å². The highest BCUT2D eigenvalue weighted by Crippen LogP contribution is 2.15. The van der Waals surface area contributed by atoms with Gasteiger partial charge in [0.1, 0.15) is 0 Å². The van der Waals surface area contributed by atoms with Crippen molar-refractivity contribution < 1.29 is 4.79 Å². The van der Waals surface area contributed by atoms with Gasteiger partial charge in [-0.3, -0.25) is 4.79 Å². The highest BCUT2D eigenvalue weighted by Gasteiger charge is 2.03. The lowest BCUT2D eigenvalue weighted by atomic mass is 10.0. The van der Waals surface area contributed by atoms with E-state index in [1.165, 1.54) is 10.8 Å². The molecule has 0 aliphatic carbocycles. The van der Waals surface area contributed by atoms with Crippen molar-refractivity contribution in [2.24, 2.45) is 0 Å². The quantitative estimate of drug-likeness (QED) is 0.499. The summed E-state index contributed by atoms with van der Waals surface area (Å²) in [4.78, 5) is 11.7. The molecule has 94 valence electrons. The van der Waals surface area contributed by atoms with Gasteiger partial charge in [0.2, 0.25) is 5.91 Å². The lowest BCUT2D eigenvalue weighted by Gasteiger charge is -2.05. The maximum Gasteiger partial charge on any atom is 0.224 e. The summed E-state index contributed by atoms with van der Waals surface area (Å²) >= 11 is 2.32. The smallest absolute Gasteiger partial charge is 0.224 e. The molecule has 0 bridgehead atoms. The van der Waals surface area contributed by atoms with E-state index in [2.05, 4.69) is 52.2 Å². The Morgan fingerprint density at radius 3 is 2.67 bits per heavy atom. The van der Waals surface area contributed by atoms with Crippen LogP contribution in [-0.2, 0) is 11.2 Å². The molecule has 18 heavy (non-hydrogen) atoms. The molecule has 0 radical (unpaired) electrons. The molecule has 3 heteroatoms. The van der Waals surface area contributed by atoms with Gasteiger partial charge >= 0.3 is 0 Å². The fourth-order valence-electron chi connectivity index (χ4n) is 1.89. The lowest BCUT2D eigenvalue weighted by Crippen LogP contribution is -2.26. The highest BCUT2D eigenvalue weighted by molar-refractivity contribution is 14.1. The van der Waals surface area contributed by atoms with E-state index in [4.69, 9.17) is 0 Å². The van der Waals surface area contributed by atoms with Gasteiger partial charge in [-0.25, -0.2) is 0 Å². The second kappa shape index (κ2) is 6.73. The Bertz CT molecular complexity index is 539. The lowest BCUT2D eigenvalue weighted by molar-refractivity contribution is -0.120. The summed E-state index contributed by atoms with van der Waals surface area (Å²) in [6.45, 7) is 0.773. The Morgan fingerprint density at radius 2 is 1.89 bits per heavy atom. The molecule has 0 atom stereocenters. The van der Waals surface area contributed by atoms with Crippen LogP contribution < -0.4 is 5.32 Å². The minimum atomic E-state index is 0.107. The monoisotopic (exact) mass is 353 g/mol. The van der Waals surface area contributed by atoms with E-state index < -0.39 is 0 Å². The number of rotatable bonds is 5. The topological polar surface area (TPSA) is 29.1 Å². The van der Waals surface area contributed by atoms with Gasteiger partial charge in [-0.15, -0.1) is 0 Å². The number of hydrogen-bond acceptors (Lipinski definition) is 1. The van der Waals surface area contributed by atoms with E-state index in [9.17, 15) is 4.79 Å². The Balaban J connectivity index is 2.01. The van der Waals surface area contributed by atoms with Gasteiger partial charge in [0.15, 0.2) is 0 Å². The Labute approximate surface area is 121 Å². The zero-order valence-corrected chi connectivity index (χ0v) is 12.3. The van der Waals surface area contributed by atoms with E-state index in [0.29, 0.717) is 6.42 Å². The van der Waals surface area contributed by atoms with Gasteiger partial charge in [0.05, 0.1) is 6.42 Å². The maximum atomic E-state index is 11.7. The first-order chi connectivity index (χ1) is 8.79. The highest BCUT2D eigenvalue weighted by atomic mass is 127. The van der Waals surface area contributed by atoms with Crippen molar-refractivity contribution >= 4 is 39.3 Å². The minimum Gasteiger partial charge on any atom is -0.356 e. The molecule has 1 amide bonds. The molecule has 0 unspecified atom stereocenters. The molecule has 2 nitrogen and oxygen atoms in total. The fourth-order valence-corrected chi connectivity index (χ4v) is 2.27. The van der Waals surface area contributed by atoms with Crippen molar-refractivity contribution in [1.82, 2.24) is 5.32 Å². The second-order valence-electron chi connectivity index (χ2n) is 4.25. The number of fused-ring (bicyclic) bond motifs is 1. The van der Waals surface area contributed by atoms with Crippen LogP contribution in [0.2, 0.25) is 0 Å². The molecule has 0 aliphatic heterocycles. The molecule has 0 saturated carbocycles. The summed E-state index contributed by atoms with van der Waals surface area (Å²) in [5, 5.41) is 5.34. The average Bonchev–Trinajstić information content (AvgIpc) is 2.39. The number of nitrogens with one attached hydrogen (secondary N) is 1. The van der Waals surface area contributed by atoms with E-state index in [1.807, 2.05) is 18.2 Å². The molecule has 0 aliphatic rings. The normalized spacial score (nSPS) is 10.5. The summed E-state index contributed by atoms with van der Waals surface area (Å²) in [5.41, 5.74) is 1.07. The molecule has 1 N–H and O–H groups in total. The molecule has 2 rings (SSSR count). The van der Waals surface area contributed by atoms with Crippen LogP contribution in [0.3, 0.4) is 0 Å². The first-order valence-electron chi connectivity index (χ1n) is 6.10. The number of carbonyl (C=O) groups excluding carboxylic acids is 1. The van der Waals surface area contributed by atoms with Crippen LogP contribution in [0.1, 0.15) is 12.0 Å². The van der Waals surface area contributed by atoms with Crippen molar-refractivity contribution in [2.45, 2.75) is 12.8 Å². The van der Waals surface area contributed by atoms with E-state index >= 15 is 0 Å². The van der Waals surface area contributed by atoms with Crippen LogP contribution in [0.5, 0.6) is 0 Å². The first kappa shape index (κ1) is 13.3. The molecule has 0 fully saturated rings. The summed E-state index contributed by atoms with van der Waals surface area (Å²) in [7, 11) is 0. The molecule has 0 heterocycles. The van der Waals surface area contributed by atoms with Crippen LogP contribution >= 0.6 is 22.6 Å². The van der Waals surface area contributed by atoms with Gasteiger partial charge in [-0.05, 0) is 22.8 Å². The van der Waals surface area contributed by atoms with Crippen molar-refractivity contribution in [1.29, 1.82) is 0 Å². The predicted octanol–water partition coefficient (Wildman–Crippen LogP) is 3.32. The maximum absolute atomic E-state index is 11.7. The average molecular weight is 353 g/mol. The Morgan fingerprint density at radius 1 is 1.11 bits per heavy atom. The zero-order valence-electron chi connectivity index (χ0n) is 10.2. The third-order valence-electron chi connectivity index (χ3n) is 2.81. The van der Waals surface area contributed by atoms with Crippen molar-refractivity contribution in [3.05, 3.63) is 48.0 Å². The number of benzene rings is 2. The molecule has 2 aromatic carbocycles. The number of halogens is 1. The third kappa shape index (κ3) is 3.70. The van der Waals surface area contributed by atoms with Gasteiger partial charge in [-0.1, -0.05) is 65.1 Å². The zero-order chi connectivity index (χ0) is 12.8. The van der Waals surface area contributed by atoms with Gasteiger partial charge in [0, 0.05) is 11.0 Å². The number of amides is 1. The SMILES string of the molecule is O=C(Cc1ccc2ccccc2c1)NCCCI. The molecule has 0 aromatic heterocycles. The largest absolute Gasteiger partial charge is 0.356 e. The van der Waals surface area contributed by atoms with E-state index in [0.717, 1.165) is 23.0 Å².